The van der Waals surface area contributed by atoms with E-state index in [9.17, 15) is 13.2 Å². The second-order valence-electron chi connectivity index (χ2n) is 7.20. The molecule has 0 radical (unpaired) electrons. The predicted molar refractivity (Wildman–Crippen MR) is 91.3 cm³/mol. The molecule has 2 saturated heterocycles. The van der Waals surface area contributed by atoms with Gasteiger partial charge in [-0.2, -0.15) is 0 Å². The van der Waals surface area contributed by atoms with Crippen LogP contribution < -0.4 is 10.0 Å². The Hall–Kier alpha value is -1.38. The number of hydrogen-bond donors (Lipinski definition) is 3. The molecule has 1 amide bonds. The van der Waals surface area contributed by atoms with Crippen LogP contribution in [0.15, 0.2) is 17.2 Å². The number of amides is 1. The second-order valence-corrected chi connectivity index (χ2v) is 8.92. The van der Waals surface area contributed by atoms with E-state index in [0.717, 1.165) is 12.8 Å². The average Bonchev–Trinajstić information content (AvgIpc) is 3.12. The molecular formula is C16H26N4O3S. The summed E-state index contributed by atoms with van der Waals surface area (Å²) in [5.41, 5.74) is 0.313. The number of sulfonamides is 1. The van der Waals surface area contributed by atoms with Gasteiger partial charge in [0.05, 0.1) is 0 Å². The van der Waals surface area contributed by atoms with E-state index in [1.54, 1.807) is 25.8 Å². The van der Waals surface area contributed by atoms with Crippen molar-refractivity contribution in [2.45, 2.75) is 68.6 Å². The largest absolute Gasteiger partial charge is 0.356 e. The number of carbonyl (C=O) groups is 1. The van der Waals surface area contributed by atoms with Crippen LogP contribution in [0.1, 0.15) is 50.0 Å². The van der Waals surface area contributed by atoms with Crippen molar-refractivity contribution in [3.05, 3.63) is 18.0 Å². The number of aromatic amines is 1. The zero-order valence-electron chi connectivity index (χ0n) is 14.4. The summed E-state index contributed by atoms with van der Waals surface area (Å²) in [6.07, 6.45) is 5.64. The Morgan fingerprint density at radius 3 is 2.50 bits per heavy atom. The van der Waals surface area contributed by atoms with Gasteiger partial charge in [-0.15, -0.1) is 0 Å². The maximum absolute atomic E-state index is 12.7. The smallest absolute Gasteiger partial charge is 0.270 e. The molecule has 0 spiro atoms. The highest BCUT2D eigenvalue weighted by molar-refractivity contribution is 7.89. The first-order valence-electron chi connectivity index (χ1n) is 8.50. The Morgan fingerprint density at radius 1 is 1.29 bits per heavy atom. The lowest BCUT2D eigenvalue weighted by Gasteiger charge is -2.35. The zero-order chi connectivity index (χ0) is 17.5. The van der Waals surface area contributed by atoms with Crippen LogP contribution in [0.4, 0.5) is 0 Å². The second kappa shape index (κ2) is 6.50. The van der Waals surface area contributed by atoms with Crippen molar-refractivity contribution >= 4 is 15.9 Å². The maximum Gasteiger partial charge on any atom is 0.270 e. The van der Waals surface area contributed by atoms with Crippen LogP contribution in [0.25, 0.3) is 0 Å². The number of aromatic nitrogens is 1. The molecule has 24 heavy (non-hydrogen) atoms. The van der Waals surface area contributed by atoms with Crippen molar-refractivity contribution < 1.29 is 13.2 Å². The van der Waals surface area contributed by atoms with Crippen LogP contribution in [0.5, 0.6) is 0 Å². The number of H-pyrrole nitrogens is 1. The van der Waals surface area contributed by atoms with Gasteiger partial charge in [-0.25, -0.2) is 13.1 Å². The highest BCUT2D eigenvalue weighted by atomic mass is 32.2. The highest BCUT2D eigenvalue weighted by Crippen LogP contribution is 2.29. The minimum Gasteiger partial charge on any atom is -0.356 e. The van der Waals surface area contributed by atoms with Gasteiger partial charge in [-0.3, -0.25) is 4.79 Å². The molecule has 8 heteroatoms. The van der Waals surface area contributed by atoms with Gasteiger partial charge in [0.25, 0.3) is 5.91 Å². The summed E-state index contributed by atoms with van der Waals surface area (Å²) in [5.74, 6) is -0.160. The molecule has 3 rings (SSSR count). The first kappa shape index (κ1) is 17.4. The zero-order valence-corrected chi connectivity index (χ0v) is 15.2. The summed E-state index contributed by atoms with van der Waals surface area (Å²) in [6.45, 7) is 3.52. The molecule has 7 nitrogen and oxygen atoms in total. The van der Waals surface area contributed by atoms with Crippen molar-refractivity contribution in [3.63, 3.8) is 0 Å². The number of hydrogen-bond acceptors (Lipinski definition) is 4. The number of fused-ring (bicyclic) bond motifs is 2. The SMILES string of the molecule is CC(C)NS(=O)(=O)c1c[nH]c(C(=O)N(C)C2CC3CCC(C2)N3)c1. The van der Waals surface area contributed by atoms with Gasteiger partial charge >= 0.3 is 0 Å². The van der Waals surface area contributed by atoms with Crippen molar-refractivity contribution in [2.24, 2.45) is 0 Å². The minimum absolute atomic E-state index is 0.0957. The lowest BCUT2D eigenvalue weighted by atomic mass is 9.98. The van der Waals surface area contributed by atoms with Crippen LogP contribution in [0, 0.1) is 0 Å². The Morgan fingerprint density at radius 2 is 1.92 bits per heavy atom. The van der Waals surface area contributed by atoms with Crippen LogP contribution in [0.2, 0.25) is 0 Å². The van der Waals surface area contributed by atoms with Crippen molar-refractivity contribution in [1.29, 1.82) is 0 Å². The molecule has 1 aromatic rings. The minimum atomic E-state index is -3.59. The van der Waals surface area contributed by atoms with E-state index < -0.39 is 10.0 Å². The molecule has 2 unspecified atom stereocenters. The molecule has 2 aliphatic rings. The van der Waals surface area contributed by atoms with E-state index in [1.165, 1.54) is 25.1 Å². The quantitative estimate of drug-likeness (QED) is 0.737. The molecule has 3 heterocycles. The molecule has 3 N–H and O–H groups in total. The van der Waals surface area contributed by atoms with Gasteiger partial charge in [0, 0.05) is 37.4 Å². The van der Waals surface area contributed by atoms with Gasteiger partial charge in [0.15, 0.2) is 0 Å². The molecule has 0 aromatic carbocycles. The first-order valence-corrected chi connectivity index (χ1v) is 9.98. The van der Waals surface area contributed by atoms with Crippen LogP contribution in [-0.4, -0.2) is 55.4 Å². The number of carbonyl (C=O) groups excluding carboxylic acids is 1. The topological polar surface area (TPSA) is 94.3 Å². The normalized spacial score (nSPS) is 26.8. The molecule has 2 fully saturated rings. The van der Waals surface area contributed by atoms with Gasteiger partial charge in [0.2, 0.25) is 10.0 Å². The van der Waals surface area contributed by atoms with Crippen molar-refractivity contribution in [2.75, 3.05) is 7.05 Å². The molecule has 1 aromatic heterocycles. The van der Waals surface area contributed by atoms with E-state index in [2.05, 4.69) is 15.0 Å². The molecule has 2 aliphatic heterocycles. The van der Waals surface area contributed by atoms with Gasteiger partial charge in [-0.05, 0) is 45.6 Å². The summed E-state index contributed by atoms with van der Waals surface area (Å²) >= 11 is 0. The van der Waals surface area contributed by atoms with E-state index in [1.807, 2.05) is 0 Å². The first-order chi connectivity index (χ1) is 11.3. The van der Waals surface area contributed by atoms with Crippen LogP contribution >= 0.6 is 0 Å². The number of nitrogens with one attached hydrogen (secondary N) is 3. The van der Waals surface area contributed by atoms with Crippen LogP contribution in [-0.2, 0) is 10.0 Å². The number of nitrogens with zero attached hydrogens (tertiary/aromatic N) is 1. The van der Waals surface area contributed by atoms with Gasteiger partial charge in [-0.1, -0.05) is 0 Å². The summed E-state index contributed by atoms with van der Waals surface area (Å²) in [7, 11) is -1.79. The summed E-state index contributed by atoms with van der Waals surface area (Å²) in [5, 5.41) is 3.56. The van der Waals surface area contributed by atoms with E-state index in [4.69, 9.17) is 0 Å². The third-order valence-electron chi connectivity index (χ3n) is 4.90. The summed E-state index contributed by atoms with van der Waals surface area (Å²) in [6, 6.07) is 2.42. The van der Waals surface area contributed by atoms with Gasteiger partial charge < -0.3 is 15.2 Å². The lowest BCUT2D eigenvalue weighted by molar-refractivity contribution is 0.0676. The Balaban J connectivity index is 1.71. The van der Waals surface area contributed by atoms with Crippen molar-refractivity contribution in [1.82, 2.24) is 19.9 Å². The molecular weight excluding hydrogens is 328 g/mol. The summed E-state index contributed by atoms with van der Waals surface area (Å²) in [4.78, 5) is 17.4. The Labute approximate surface area is 143 Å². The fourth-order valence-corrected chi connectivity index (χ4v) is 4.97. The monoisotopic (exact) mass is 354 g/mol. The fourth-order valence-electron chi connectivity index (χ4n) is 3.73. The Kier molecular flexibility index (Phi) is 4.72. The van der Waals surface area contributed by atoms with E-state index in [0.29, 0.717) is 17.8 Å². The standard InChI is InChI=1S/C16H26N4O3S/c1-10(2)19-24(22,23)14-8-15(17-9-14)16(21)20(3)13-6-11-4-5-12(7-13)18-11/h8-13,17-19H,4-7H2,1-3H3. The molecule has 0 saturated carbocycles. The van der Waals surface area contributed by atoms with E-state index in [-0.39, 0.29) is 22.9 Å². The Bertz CT molecular complexity index is 701. The number of piperidine rings is 1. The molecule has 134 valence electrons. The lowest BCUT2D eigenvalue weighted by Crippen LogP contribution is -2.48. The third-order valence-corrected chi connectivity index (χ3v) is 6.54. The highest BCUT2D eigenvalue weighted by Gasteiger charge is 2.36. The van der Waals surface area contributed by atoms with Gasteiger partial charge in [0.1, 0.15) is 10.6 Å². The van der Waals surface area contributed by atoms with E-state index >= 15 is 0 Å². The molecule has 0 aliphatic carbocycles. The van der Waals surface area contributed by atoms with Crippen LogP contribution in [0.3, 0.4) is 0 Å². The summed E-state index contributed by atoms with van der Waals surface area (Å²) < 4.78 is 26.9. The average molecular weight is 354 g/mol. The maximum atomic E-state index is 12.7. The predicted octanol–water partition coefficient (Wildman–Crippen LogP) is 1.06. The number of rotatable bonds is 5. The third kappa shape index (κ3) is 3.50. The van der Waals surface area contributed by atoms with Crippen molar-refractivity contribution in [3.8, 4) is 0 Å². The fraction of sp³-hybridized carbons (Fsp3) is 0.688. The molecule has 2 atom stereocenters. The molecule has 2 bridgehead atoms.